The molecule has 0 saturated carbocycles. The molecule has 0 aliphatic carbocycles. The molecule has 21 heavy (non-hydrogen) atoms. The van der Waals surface area contributed by atoms with Crippen LogP contribution in [0.5, 0.6) is 0 Å². The van der Waals surface area contributed by atoms with Crippen molar-refractivity contribution in [2.24, 2.45) is 0 Å². The van der Waals surface area contributed by atoms with Gasteiger partial charge in [-0.1, -0.05) is 18.9 Å². The summed E-state index contributed by atoms with van der Waals surface area (Å²) in [5.74, 6) is -0.140. The molecule has 1 aliphatic heterocycles. The maximum Gasteiger partial charge on any atom is 0.321 e. The zero-order valence-corrected chi connectivity index (χ0v) is 12.7. The number of benzene rings is 1. The molecule has 2 N–H and O–H groups in total. The molecule has 114 valence electrons. The third-order valence-electron chi connectivity index (χ3n) is 3.94. The summed E-state index contributed by atoms with van der Waals surface area (Å²) in [6.07, 6.45) is 4.50. The molecule has 1 fully saturated rings. The fourth-order valence-corrected chi connectivity index (χ4v) is 2.62. The molecule has 5 heteroatoms. The zero-order valence-electron chi connectivity index (χ0n) is 12.7. The number of nitrogens with zero attached hydrogens (tertiary/aromatic N) is 1. The van der Waals surface area contributed by atoms with Crippen molar-refractivity contribution in [3.63, 3.8) is 0 Å². The third kappa shape index (κ3) is 3.74. The van der Waals surface area contributed by atoms with Crippen LogP contribution in [0.4, 0.5) is 10.5 Å². The van der Waals surface area contributed by atoms with Crippen molar-refractivity contribution in [3.8, 4) is 0 Å². The molecule has 0 aromatic heterocycles. The summed E-state index contributed by atoms with van der Waals surface area (Å²) in [6.45, 7) is 3.46. The standard InChI is InChI=1S/C16H23N3O2/c1-12-13(15(20)17-2)8-7-9-14(12)18-16(21)19-10-5-3-4-6-11-19/h7-9H,3-6,10-11H2,1-2H3,(H,17,20)(H,18,21). The molecule has 1 aromatic carbocycles. The summed E-state index contributed by atoms with van der Waals surface area (Å²) in [5, 5.41) is 5.55. The average molecular weight is 289 g/mol. The third-order valence-corrected chi connectivity index (χ3v) is 3.94. The average Bonchev–Trinajstić information content (AvgIpc) is 2.77. The van der Waals surface area contributed by atoms with Gasteiger partial charge in [0.05, 0.1) is 0 Å². The highest BCUT2D eigenvalue weighted by Crippen LogP contribution is 2.20. The first-order chi connectivity index (χ1) is 10.1. The Morgan fingerprint density at radius 1 is 1.10 bits per heavy atom. The maximum absolute atomic E-state index is 12.3. The van der Waals surface area contributed by atoms with Gasteiger partial charge in [-0.25, -0.2) is 4.79 Å². The van der Waals surface area contributed by atoms with E-state index in [2.05, 4.69) is 10.6 Å². The van der Waals surface area contributed by atoms with E-state index in [9.17, 15) is 9.59 Å². The number of carbonyl (C=O) groups is 2. The van der Waals surface area contributed by atoms with Gasteiger partial charge in [0, 0.05) is 31.4 Å². The highest BCUT2D eigenvalue weighted by Gasteiger charge is 2.17. The number of anilines is 1. The second-order valence-electron chi connectivity index (χ2n) is 5.39. The SMILES string of the molecule is CNC(=O)c1cccc(NC(=O)N2CCCCCC2)c1C. The summed E-state index contributed by atoms with van der Waals surface area (Å²) in [5.41, 5.74) is 2.08. The summed E-state index contributed by atoms with van der Waals surface area (Å²) >= 11 is 0. The summed E-state index contributed by atoms with van der Waals surface area (Å²) in [4.78, 5) is 26.0. The molecule has 0 radical (unpaired) electrons. The molecule has 0 unspecified atom stereocenters. The fraction of sp³-hybridized carbons (Fsp3) is 0.500. The van der Waals surface area contributed by atoms with Crippen molar-refractivity contribution in [3.05, 3.63) is 29.3 Å². The van der Waals surface area contributed by atoms with Gasteiger partial charge in [0.15, 0.2) is 0 Å². The highest BCUT2D eigenvalue weighted by molar-refractivity contribution is 5.98. The number of hydrogen-bond donors (Lipinski definition) is 2. The van der Waals surface area contributed by atoms with Gasteiger partial charge < -0.3 is 15.5 Å². The lowest BCUT2D eigenvalue weighted by atomic mass is 10.1. The van der Waals surface area contributed by atoms with Gasteiger partial charge in [-0.2, -0.15) is 0 Å². The Bertz CT molecular complexity index is 520. The van der Waals surface area contributed by atoms with Crippen molar-refractivity contribution in [2.45, 2.75) is 32.6 Å². The first-order valence-electron chi connectivity index (χ1n) is 7.51. The number of nitrogens with one attached hydrogen (secondary N) is 2. The van der Waals surface area contributed by atoms with E-state index in [4.69, 9.17) is 0 Å². The second-order valence-corrected chi connectivity index (χ2v) is 5.39. The van der Waals surface area contributed by atoms with Crippen molar-refractivity contribution in [1.29, 1.82) is 0 Å². The van der Waals surface area contributed by atoms with Crippen LogP contribution in [0.15, 0.2) is 18.2 Å². The van der Waals surface area contributed by atoms with Crippen LogP contribution >= 0.6 is 0 Å². The van der Waals surface area contributed by atoms with Gasteiger partial charge in [-0.05, 0) is 37.5 Å². The molecule has 0 bridgehead atoms. The smallest absolute Gasteiger partial charge is 0.321 e. The molecule has 1 saturated heterocycles. The summed E-state index contributed by atoms with van der Waals surface area (Å²) in [6, 6.07) is 5.30. The second kappa shape index (κ2) is 7.11. The Morgan fingerprint density at radius 2 is 1.76 bits per heavy atom. The van der Waals surface area contributed by atoms with Crippen molar-refractivity contribution in [2.75, 3.05) is 25.5 Å². The van der Waals surface area contributed by atoms with Gasteiger partial charge in [-0.15, -0.1) is 0 Å². The van der Waals surface area contributed by atoms with Gasteiger partial charge in [0.2, 0.25) is 0 Å². The van der Waals surface area contributed by atoms with Gasteiger partial charge in [0.1, 0.15) is 0 Å². The molecule has 1 aliphatic rings. The predicted molar refractivity (Wildman–Crippen MR) is 83.6 cm³/mol. The quantitative estimate of drug-likeness (QED) is 0.879. The van der Waals surface area contributed by atoms with E-state index >= 15 is 0 Å². The molecule has 0 spiro atoms. The molecular weight excluding hydrogens is 266 g/mol. The van der Waals surface area contributed by atoms with Crippen LogP contribution in [-0.4, -0.2) is 37.0 Å². The summed E-state index contributed by atoms with van der Waals surface area (Å²) < 4.78 is 0. The number of amides is 3. The molecule has 2 rings (SSSR count). The van der Waals surface area contributed by atoms with E-state index in [1.54, 1.807) is 19.2 Å². The molecule has 5 nitrogen and oxygen atoms in total. The number of likely N-dealkylation sites (tertiary alicyclic amines) is 1. The van der Waals surface area contributed by atoms with Crippen molar-refractivity contribution in [1.82, 2.24) is 10.2 Å². The van der Waals surface area contributed by atoms with Gasteiger partial charge in [-0.3, -0.25) is 4.79 Å². The Kier molecular flexibility index (Phi) is 5.20. The minimum Gasteiger partial charge on any atom is -0.355 e. The van der Waals surface area contributed by atoms with Crippen LogP contribution < -0.4 is 10.6 Å². The van der Waals surface area contributed by atoms with E-state index in [0.29, 0.717) is 11.3 Å². The number of rotatable bonds is 2. The minimum absolute atomic E-state index is 0.0749. The minimum atomic E-state index is -0.140. The fourth-order valence-electron chi connectivity index (χ4n) is 2.62. The lowest BCUT2D eigenvalue weighted by molar-refractivity contribution is 0.0962. The van der Waals surface area contributed by atoms with E-state index in [-0.39, 0.29) is 11.9 Å². The topological polar surface area (TPSA) is 61.4 Å². The number of hydrogen-bond acceptors (Lipinski definition) is 2. The number of carbonyl (C=O) groups excluding carboxylic acids is 2. The zero-order chi connectivity index (χ0) is 15.2. The van der Waals surface area contributed by atoms with Crippen LogP contribution in [0.25, 0.3) is 0 Å². The first-order valence-corrected chi connectivity index (χ1v) is 7.51. The first kappa shape index (κ1) is 15.4. The molecule has 3 amide bonds. The summed E-state index contributed by atoms with van der Waals surface area (Å²) in [7, 11) is 1.60. The molecule has 1 aromatic rings. The molecular formula is C16H23N3O2. The predicted octanol–water partition coefficient (Wildman–Crippen LogP) is 2.76. The lowest BCUT2D eigenvalue weighted by Gasteiger charge is -2.21. The van der Waals surface area contributed by atoms with Crippen molar-refractivity contribution >= 4 is 17.6 Å². The van der Waals surface area contributed by atoms with Crippen LogP contribution in [0.1, 0.15) is 41.6 Å². The largest absolute Gasteiger partial charge is 0.355 e. The van der Waals surface area contributed by atoms with Gasteiger partial charge >= 0.3 is 6.03 Å². The van der Waals surface area contributed by atoms with E-state index in [1.807, 2.05) is 17.9 Å². The van der Waals surface area contributed by atoms with Crippen LogP contribution in [0.2, 0.25) is 0 Å². The maximum atomic E-state index is 12.3. The van der Waals surface area contributed by atoms with E-state index < -0.39 is 0 Å². The van der Waals surface area contributed by atoms with E-state index in [0.717, 1.165) is 31.5 Å². The van der Waals surface area contributed by atoms with E-state index in [1.165, 1.54) is 12.8 Å². The van der Waals surface area contributed by atoms with Crippen LogP contribution in [0, 0.1) is 6.92 Å². The molecule has 1 heterocycles. The Morgan fingerprint density at radius 3 is 2.38 bits per heavy atom. The van der Waals surface area contributed by atoms with Gasteiger partial charge in [0.25, 0.3) is 5.91 Å². The molecule has 0 atom stereocenters. The Hall–Kier alpha value is -2.04. The highest BCUT2D eigenvalue weighted by atomic mass is 16.2. The van der Waals surface area contributed by atoms with Crippen molar-refractivity contribution < 1.29 is 9.59 Å². The number of urea groups is 1. The Balaban J connectivity index is 2.11. The monoisotopic (exact) mass is 289 g/mol. The van der Waals surface area contributed by atoms with Crippen LogP contribution in [-0.2, 0) is 0 Å². The normalized spacial score (nSPS) is 15.2. The lowest BCUT2D eigenvalue weighted by Crippen LogP contribution is -2.35. The Labute approximate surface area is 125 Å². The van der Waals surface area contributed by atoms with Crippen LogP contribution in [0.3, 0.4) is 0 Å².